The van der Waals surface area contributed by atoms with Crippen molar-refractivity contribution in [2.75, 3.05) is 6.54 Å². The zero-order valence-corrected chi connectivity index (χ0v) is 19.9. The fourth-order valence-corrected chi connectivity index (χ4v) is 6.35. The number of nitrogens with zero attached hydrogens (tertiary/aromatic N) is 2. The summed E-state index contributed by atoms with van der Waals surface area (Å²) in [6, 6.07) is 2.19. The van der Waals surface area contributed by atoms with Crippen molar-refractivity contribution >= 4 is 17.7 Å². The molecule has 2 saturated carbocycles. The molecule has 1 aromatic heterocycles. The molecule has 0 bridgehead atoms. The Labute approximate surface area is 207 Å². The van der Waals surface area contributed by atoms with Gasteiger partial charge in [-0.05, 0) is 62.5 Å². The number of carbonyl (C=O) groups is 3. The second-order valence-electron chi connectivity index (χ2n) is 11.1. The standard InChI is InChI=1S/C25H30F3N5O3/c26-25(27,28)19-5-4-17(31-19)22(36)33-14-23(6-2-1-3-7-23)12-18(33)21(35)30-16(13-29)10-15-11-24(8-9-24)32-20(15)34/h4-5,15-16,18,31H,1-3,6-12,14H2,(H,30,35)(H,32,34). The van der Waals surface area contributed by atoms with Crippen LogP contribution in [0, 0.1) is 22.7 Å². The molecule has 2 spiro atoms. The van der Waals surface area contributed by atoms with Crippen molar-refractivity contribution in [1.82, 2.24) is 20.5 Å². The van der Waals surface area contributed by atoms with Gasteiger partial charge in [-0.3, -0.25) is 14.4 Å². The van der Waals surface area contributed by atoms with Gasteiger partial charge in [-0.2, -0.15) is 18.4 Å². The Morgan fingerprint density at radius 2 is 1.89 bits per heavy atom. The molecule has 194 valence electrons. The fourth-order valence-electron chi connectivity index (χ4n) is 6.35. The average molecular weight is 506 g/mol. The summed E-state index contributed by atoms with van der Waals surface area (Å²) in [6.45, 7) is 0.287. The Kier molecular flexibility index (Phi) is 6.04. The predicted octanol–water partition coefficient (Wildman–Crippen LogP) is 3.27. The average Bonchev–Trinajstić information content (AvgIpc) is 3.16. The van der Waals surface area contributed by atoms with Crippen LogP contribution in [0.5, 0.6) is 0 Å². The molecule has 8 nitrogen and oxygen atoms in total. The summed E-state index contributed by atoms with van der Waals surface area (Å²) in [5.41, 5.74) is -1.64. The molecular formula is C25H30F3N5O3. The minimum atomic E-state index is -4.61. The molecule has 3 heterocycles. The first kappa shape index (κ1) is 24.7. The van der Waals surface area contributed by atoms with Gasteiger partial charge in [0.25, 0.3) is 5.91 Å². The number of nitrogens with one attached hydrogen (secondary N) is 3. The molecule has 2 aliphatic carbocycles. The van der Waals surface area contributed by atoms with Gasteiger partial charge in [0.2, 0.25) is 11.8 Å². The first-order chi connectivity index (χ1) is 17.0. The van der Waals surface area contributed by atoms with Gasteiger partial charge in [-0.25, -0.2) is 0 Å². The summed E-state index contributed by atoms with van der Waals surface area (Å²) in [5, 5.41) is 15.4. The van der Waals surface area contributed by atoms with Crippen molar-refractivity contribution < 1.29 is 27.6 Å². The van der Waals surface area contributed by atoms with Crippen LogP contribution in [-0.2, 0) is 15.8 Å². The highest BCUT2D eigenvalue weighted by Gasteiger charge is 2.53. The molecule has 11 heteroatoms. The maximum absolute atomic E-state index is 13.4. The number of aromatic amines is 1. The van der Waals surface area contributed by atoms with Gasteiger partial charge in [0.05, 0.1) is 6.07 Å². The molecule has 3 unspecified atom stereocenters. The maximum Gasteiger partial charge on any atom is 0.431 e. The second kappa shape index (κ2) is 8.82. The highest BCUT2D eigenvalue weighted by molar-refractivity contribution is 5.97. The van der Waals surface area contributed by atoms with E-state index in [4.69, 9.17) is 0 Å². The third-order valence-corrected chi connectivity index (χ3v) is 8.45. The van der Waals surface area contributed by atoms with Gasteiger partial charge in [-0.1, -0.05) is 19.3 Å². The fraction of sp³-hybridized carbons (Fsp3) is 0.680. The molecule has 4 aliphatic rings. The molecule has 0 radical (unpaired) electrons. The van der Waals surface area contributed by atoms with Crippen LogP contribution in [0.4, 0.5) is 13.2 Å². The predicted molar refractivity (Wildman–Crippen MR) is 121 cm³/mol. The number of rotatable bonds is 5. The van der Waals surface area contributed by atoms with E-state index in [1.54, 1.807) is 0 Å². The van der Waals surface area contributed by atoms with E-state index >= 15 is 0 Å². The summed E-state index contributed by atoms with van der Waals surface area (Å²) in [5.74, 6) is -1.62. The zero-order chi connectivity index (χ0) is 25.7. The second-order valence-corrected chi connectivity index (χ2v) is 11.1. The molecule has 3 N–H and O–H groups in total. The number of aromatic nitrogens is 1. The molecule has 3 amide bonds. The van der Waals surface area contributed by atoms with Crippen LogP contribution in [0.3, 0.4) is 0 Å². The first-order valence-electron chi connectivity index (χ1n) is 12.6. The van der Waals surface area contributed by atoms with Gasteiger partial charge in [0.1, 0.15) is 23.5 Å². The zero-order valence-electron chi connectivity index (χ0n) is 19.9. The monoisotopic (exact) mass is 505 g/mol. The largest absolute Gasteiger partial charge is 0.431 e. The van der Waals surface area contributed by atoms with E-state index in [1.807, 2.05) is 0 Å². The summed E-state index contributed by atoms with van der Waals surface area (Å²) >= 11 is 0. The van der Waals surface area contributed by atoms with Crippen molar-refractivity contribution in [2.24, 2.45) is 11.3 Å². The number of alkyl halides is 3. The van der Waals surface area contributed by atoms with Crippen molar-refractivity contribution in [2.45, 2.75) is 88.0 Å². The van der Waals surface area contributed by atoms with E-state index in [1.165, 1.54) is 4.90 Å². The van der Waals surface area contributed by atoms with E-state index in [2.05, 4.69) is 21.7 Å². The molecule has 2 aliphatic heterocycles. The Morgan fingerprint density at radius 1 is 1.17 bits per heavy atom. The van der Waals surface area contributed by atoms with E-state index in [9.17, 15) is 32.8 Å². The minimum Gasteiger partial charge on any atom is -0.350 e. The molecular weight excluding hydrogens is 475 g/mol. The smallest absolute Gasteiger partial charge is 0.350 e. The third-order valence-electron chi connectivity index (χ3n) is 8.45. The Morgan fingerprint density at radius 3 is 2.47 bits per heavy atom. The summed E-state index contributed by atoms with van der Waals surface area (Å²) in [4.78, 5) is 42.6. The lowest BCUT2D eigenvalue weighted by Crippen LogP contribution is -2.49. The van der Waals surface area contributed by atoms with E-state index in [-0.39, 0.29) is 41.4 Å². The number of nitriles is 1. The molecule has 1 aromatic rings. The molecule has 3 atom stereocenters. The summed E-state index contributed by atoms with van der Waals surface area (Å²) < 4.78 is 39.2. The molecule has 4 fully saturated rings. The van der Waals surface area contributed by atoms with Gasteiger partial charge in [0, 0.05) is 18.0 Å². The maximum atomic E-state index is 13.4. The van der Waals surface area contributed by atoms with E-state index in [0.29, 0.717) is 12.8 Å². The van der Waals surface area contributed by atoms with Crippen molar-refractivity contribution in [1.29, 1.82) is 5.26 Å². The Balaban J connectivity index is 1.32. The van der Waals surface area contributed by atoms with Crippen molar-refractivity contribution in [3.63, 3.8) is 0 Å². The SMILES string of the molecule is N#CC(CC1CC2(CC2)NC1=O)NC(=O)C1CC2(CCCCC2)CN1C(=O)c1ccc(C(F)(F)F)[nH]1. The number of hydrogen-bond acceptors (Lipinski definition) is 4. The lowest BCUT2D eigenvalue weighted by Gasteiger charge is -2.32. The number of hydrogen-bond donors (Lipinski definition) is 3. The van der Waals surface area contributed by atoms with Gasteiger partial charge < -0.3 is 20.5 Å². The van der Waals surface area contributed by atoms with Gasteiger partial charge in [-0.15, -0.1) is 0 Å². The molecule has 2 saturated heterocycles. The normalized spacial score (nSPS) is 27.1. The molecule has 36 heavy (non-hydrogen) atoms. The number of carbonyl (C=O) groups excluding carboxylic acids is 3. The van der Waals surface area contributed by atoms with Crippen LogP contribution < -0.4 is 10.6 Å². The third kappa shape index (κ3) is 4.70. The Hall–Kier alpha value is -3.03. The number of halogens is 3. The lowest BCUT2D eigenvalue weighted by atomic mass is 9.72. The summed E-state index contributed by atoms with van der Waals surface area (Å²) in [7, 11) is 0. The number of H-pyrrole nitrogens is 1. The Bertz CT molecular complexity index is 1100. The highest BCUT2D eigenvalue weighted by atomic mass is 19.4. The van der Waals surface area contributed by atoms with Crippen LogP contribution in [0.15, 0.2) is 12.1 Å². The number of likely N-dealkylation sites (tertiary alicyclic amines) is 1. The number of amides is 3. The summed E-state index contributed by atoms with van der Waals surface area (Å²) in [6.07, 6.45) is 3.16. The van der Waals surface area contributed by atoms with Gasteiger partial charge >= 0.3 is 6.18 Å². The highest BCUT2D eigenvalue weighted by Crippen LogP contribution is 2.48. The van der Waals surface area contributed by atoms with Crippen LogP contribution in [0.25, 0.3) is 0 Å². The quantitative estimate of drug-likeness (QED) is 0.569. The van der Waals surface area contributed by atoms with Crippen LogP contribution in [0.2, 0.25) is 0 Å². The first-order valence-corrected chi connectivity index (χ1v) is 12.6. The van der Waals surface area contributed by atoms with E-state index < -0.39 is 35.8 Å². The van der Waals surface area contributed by atoms with Crippen molar-refractivity contribution in [3.8, 4) is 6.07 Å². The lowest BCUT2D eigenvalue weighted by molar-refractivity contribution is -0.140. The topological polar surface area (TPSA) is 118 Å². The van der Waals surface area contributed by atoms with E-state index in [0.717, 1.165) is 57.1 Å². The van der Waals surface area contributed by atoms with Crippen LogP contribution in [-0.4, -0.2) is 51.8 Å². The van der Waals surface area contributed by atoms with Crippen molar-refractivity contribution in [3.05, 3.63) is 23.5 Å². The van der Waals surface area contributed by atoms with Crippen LogP contribution in [0.1, 0.15) is 80.4 Å². The van der Waals surface area contributed by atoms with Gasteiger partial charge in [0.15, 0.2) is 0 Å². The molecule has 0 aromatic carbocycles. The molecule has 5 rings (SSSR count). The minimum absolute atomic E-state index is 0.104. The van der Waals surface area contributed by atoms with Crippen LogP contribution >= 0.6 is 0 Å².